The molecule has 0 saturated carbocycles. The maximum atomic E-state index is 12.1. The Morgan fingerprint density at radius 3 is 2.00 bits per heavy atom. The molecular formula is C36H32N8O12S3. The van der Waals surface area contributed by atoms with E-state index in [0.717, 1.165) is 18.2 Å². The second-order valence-corrected chi connectivity index (χ2v) is 15.6. The monoisotopic (exact) mass is 864 g/mol. The average Bonchev–Trinajstić information content (AvgIpc) is 3.19. The minimum absolute atomic E-state index is 0.00732. The molecule has 6 aromatic carbocycles. The lowest BCUT2D eigenvalue weighted by atomic mass is 10.1. The normalized spacial score (nSPS) is 12.4. The van der Waals surface area contributed by atoms with Gasteiger partial charge in [-0.05, 0) is 79.9 Å². The van der Waals surface area contributed by atoms with Crippen molar-refractivity contribution in [3.05, 3.63) is 84.9 Å². The van der Waals surface area contributed by atoms with Gasteiger partial charge >= 0.3 is 0 Å². The highest BCUT2D eigenvalue weighted by Crippen LogP contribution is 2.46. The Labute approximate surface area is 339 Å². The number of rotatable bonds is 15. The first-order valence-corrected chi connectivity index (χ1v) is 20.5. The first-order chi connectivity index (χ1) is 28.1. The number of phenols is 1. The van der Waals surface area contributed by atoms with E-state index in [1.54, 1.807) is 37.3 Å². The third-order valence-electron chi connectivity index (χ3n) is 8.18. The zero-order valence-corrected chi connectivity index (χ0v) is 33.1. The summed E-state index contributed by atoms with van der Waals surface area (Å²) in [5, 5.41) is 50.5. The molecule has 6 aromatic rings. The van der Waals surface area contributed by atoms with Crippen molar-refractivity contribution in [2.45, 2.75) is 28.5 Å². The standard InChI is InChI=1S/C36H32N8O12S3/c1-3-53-31-18-30(32(54-4-2)17-26(31)38)43-39-21-7-5-19-13-33(57-56-55-46)35(36(45)24(19)15-21)44-41-28-12-11-27(23-9-8-22(16-25(23)28)58(47,48)49)40-42-29-10-6-20(37)14-34(29)59(50,51)52/h5-18,45-46H,3-4,37-38H2,1-2H3,(H,47,48,49)(H,50,51,52). The van der Waals surface area contributed by atoms with Crippen LogP contribution < -0.4 is 20.9 Å². The van der Waals surface area contributed by atoms with Crippen LogP contribution in [0.25, 0.3) is 21.5 Å². The van der Waals surface area contributed by atoms with Gasteiger partial charge in [-0.25, -0.2) is 5.26 Å². The molecule has 0 bridgehead atoms. The molecule has 0 saturated heterocycles. The van der Waals surface area contributed by atoms with Gasteiger partial charge < -0.3 is 26.0 Å². The second kappa shape index (κ2) is 17.7. The predicted octanol–water partition coefficient (Wildman–Crippen LogP) is 9.83. The Hall–Kier alpha value is -6.31. The Balaban J connectivity index is 1.44. The molecule has 59 heavy (non-hydrogen) atoms. The van der Waals surface area contributed by atoms with Crippen molar-refractivity contribution in [2.24, 2.45) is 30.7 Å². The van der Waals surface area contributed by atoms with Crippen LogP contribution in [0.15, 0.2) is 130 Å². The summed E-state index contributed by atoms with van der Waals surface area (Å²) in [6, 6.07) is 19.3. The Bertz CT molecular complexity index is 2910. The second-order valence-electron chi connectivity index (χ2n) is 12.0. The zero-order valence-electron chi connectivity index (χ0n) is 30.6. The van der Waals surface area contributed by atoms with E-state index in [9.17, 15) is 31.0 Å². The lowest BCUT2D eigenvalue weighted by Crippen LogP contribution is -1.99. The fourth-order valence-corrected chi connectivity index (χ4v) is 7.23. The molecular weight excluding hydrogens is 833 g/mol. The number of azo groups is 3. The van der Waals surface area contributed by atoms with E-state index in [4.69, 9.17) is 26.2 Å². The molecule has 0 atom stereocenters. The fourth-order valence-electron chi connectivity index (χ4n) is 5.57. The number of nitrogens with zero attached hydrogens (tertiary/aromatic N) is 6. The Morgan fingerprint density at radius 2 is 1.31 bits per heavy atom. The van der Waals surface area contributed by atoms with Crippen molar-refractivity contribution in [2.75, 3.05) is 24.7 Å². The molecule has 306 valence electrons. The van der Waals surface area contributed by atoms with E-state index in [0.29, 0.717) is 59.2 Å². The first kappa shape index (κ1) is 42.3. The SMILES string of the molecule is CCOc1cc(N=Nc2ccc3cc(SOOO)c(N=Nc4ccc(N=Nc5ccc(N)cc5S(=O)(=O)O)c5ccc(S(=O)(=O)O)cc45)c(O)c3c2)c(OCC)cc1N. The van der Waals surface area contributed by atoms with Gasteiger partial charge in [0.1, 0.15) is 33.5 Å². The number of benzene rings is 6. The van der Waals surface area contributed by atoms with E-state index in [2.05, 4.69) is 40.1 Å². The molecule has 8 N–H and O–H groups in total. The number of anilines is 2. The van der Waals surface area contributed by atoms with Crippen molar-refractivity contribution in [3.63, 3.8) is 0 Å². The molecule has 0 unspecified atom stereocenters. The molecule has 0 fully saturated rings. The van der Waals surface area contributed by atoms with Crippen molar-refractivity contribution >= 4 is 99.3 Å². The number of aromatic hydroxyl groups is 1. The van der Waals surface area contributed by atoms with Crippen LogP contribution in [0.5, 0.6) is 17.2 Å². The molecule has 6 rings (SSSR count). The van der Waals surface area contributed by atoms with Crippen LogP contribution in [0.3, 0.4) is 0 Å². The van der Waals surface area contributed by atoms with Crippen molar-refractivity contribution < 1.29 is 55.2 Å². The highest BCUT2D eigenvalue weighted by atomic mass is 32.2. The summed E-state index contributed by atoms with van der Waals surface area (Å²) in [5.41, 5.74) is 12.5. The molecule has 0 heterocycles. The Kier molecular flexibility index (Phi) is 12.7. The molecule has 0 amide bonds. The topological polar surface area (TPSA) is 312 Å². The van der Waals surface area contributed by atoms with Crippen molar-refractivity contribution in [1.82, 2.24) is 0 Å². The summed E-state index contributed by atoms with van der Waals surface area (Å²) in [6.07, 6.45) is 0. The highest BCUT2D eigenvalue weighted by molar-refractivity contribution is 7.94. The average molecular weight is 865 g/mol. The van der Waals surface area contributed by atoms with E-state index in [-0.39, 0.29) is 49.5 Å². The predicted molar refractivity (Wildman–Crippen MR) is 216 cm³/mol. The van der Waals surface area contributed by atoms with Crippen LogP contribution in [0.4, 0.5) is 45.5 Å². The molecule has 23 heteroatoms. The first-order valence-electron chi connectivity index (χ1n) is 16.9. The van der Waals surface area contributed by atoms with Gasteiger partial charge in [0, 0.05) is 34.0 Å². The summed E-state index contributed by atoms with van der Waals surface area (Å²) in [7, 11) is -9.47. The summed E-state index contributed by atoms with van der Waals surface area (Å²) >= 11 is 0.483. The van der Waals surface area contributed by atoms with Crippen LogP contribution in [0.2, 0.25) is 0 Å². The molecule has 0 aromatic heterocycles. The lowest BCUT2D eigenvalue weighted by molar-refractivity contribution is -0.432. The van der Waals surface area contributed by atoms with E-state index >= 15 is 0 Å². The number of nitrogens with two attached hydrogens (primary N) is 2. The lowest BCUT2D eigenvalue weighted by Gasteiger charge is -2.12. The number of nitrogen functional groups attached to an aromatic ring is 2. The molecule has 0 aliphatic carbocycles. The maximum Gasteiger partial charge on any atom is 0.296 e. The van der Waals surface area contributed by atoms with Crippen LogP contribution >= 0.6 is 12.0 Å². The maximum absolute atomic E-state index is 12.1. The van der Waals surface area contributed by atoms with Crippen molar-refractivity contribution in [3.8, 4) is 17.2 Å². The summed E-state index contributed by atoms with van der Waals surface area (Å²) in [5.74, 6) is 0.348. The van der Waals surface area contributed by atoms with Gasteiger partial charge in [0.05, 0.1) is 57.8 Å². The fraction of sp³-hybridized carbons (Fsp3) is 0.111. The van der Waals surface area contributed by atoms with Crippen molar-refractivity contribution in [1.29, 1.82) is 0 Å². The van der Waals surface area contributed by atoms with E-state index in [1.807, 2.05) is 6.92 Å². The largest absolute Gasteiger partial charge is 0.505 e. The van der Waals surface area contributed by atoms with Crippen LogP contribution in [-0.2, 0) is 29.6 Å². The molecule has 0 aliphatic heterocycles. The van der Waals surface area contributed by atoms with Gasteiger partial charge in [-0.3, -0.25) is 9.11 Å². The smallest absolute Gasteiger partial charge is 0.296 e. The molecule has 0 spiro atoms. The zero-order chi connectivity index (χ0) is 42.5. The van der Waals surface area contributed by atoms with Gasteiger partial charge in [-0.1, -0.05) is 17.2 Å². The number of hydrogen-bond donors (Lipinski definition) is 6. The number of ether oxygens (including phenoxy) is 2. The summed E-state index contributed by atoms with van der Waals surface area (Å²) in [4.78, 5) is -1.00. The van der Waals surface area contributed by atoms with Gasteiger partial charge in [-0.15, -0.1) is 29.9 Å². The molecule has 20 nitrogen and oxygen atoms in total. The van der Waals surface area contributed by atoms with E-state index < -0.39 is 35.8 Å². The van der Waals surface area contributed by atoms with Crippen LogP contribution in [-0.4, -0.2) is 49.5 Å². The highest BCUT2D eigenvalue weighted by Gasteiger charge is 2.19. The molecule has 0 radical (unpaired) electrons. The summed E-state index contributed by atoms with van der Waals surface area (Å²) in [6.45, 7) is 4.31. The number of fused-ring (bicyclic) bond motifs is 2. The minimum Gasteiger partial charge on any atom is -0.505 e. The van der Waals surface area contributed by atoms with Gasteiger partial charge in [0.15, 0.2) is 5.75 Å². The minimum atomic E-state index is -4.75. The van der Waals surface area contributed by atoms with Crippen LogP contribution in [0.1, 0.15) is 13.8 Å². The van der Waals surface area contributed by atoms with Gasteiger partial charge in [-0.2, -0.15) is 21.9 Å². The van der Waals surface area contributed by atoms with E-state index in [1.165, 1.54) is 36.4 Å². The third kappa shape index (κ3) is 9.70. The molecule has 0 aliphatic rings. The van der Waals surface area contributed by atoms with Gasteiger partial charge in [0.25, 0.3) is 20.2 Å². The quantitative estimate of drug-likeness (QED) is 0.0140. The Morgan fingerprint density at radius 1 is 0.644 bits per heavy atom. The third-order valence-corrected chi connectivity index (χ3v) is 10.5. The van der Waals surface area contributed by atoms with Crippen LogP contribution in [0, 0.1) is 0 Å². The summed E-state index contributed by atoms with van der Waals surface area (Å²) < 4.78 is 83.7. The number of phenolic OH excluding ortho intramolecular Hbond substituents is 1. The van der Waals surface area contributed by atoms with Gasteiger partial charge in [0.2, 0.25) is 0 Å². The number of hydrogen-bond acceptors (Lipinski definition) is 19.